The fraction of sp³-hybridized carbons (Fsp3) is 0.848. The zero-order valence-corrected chi connectivity index (χ0v) is 25.6. The van der Waals surface area contributed by atoms with Crippen LogP contribution in [0.2, 0.25) is 0 Å². The monoisotopic (exact) mass is 558 g/mol. The molecule has 8 atom stereocenters. The van der Waals surface area contributed by atoms with E-state index in [0.717, 1.165) is 54.8 Å². The normalized spacial score (nSPS) is 35.5. The van der Waals surface area contributed by atoms with Crippen molar-refractivity contribution in [2.75, 3.05) is 6.67 Å². The molecule has 0 aromatic heterocycles. The van der Waals surface area contributed by atoms with E-state index in [1.165, 1.54) is 56.9 Å². The molecule has 3 fully saturated rings. The molecule has 0 radical (unpaired) electrons. The molecular formula is C33H54N2O5. The minimum Gasteiger partial charge on any atom is -0.481 e. The zero-order valence-electron chi connectivity index (χ0n) is 25.6. The third kappa shape index (κ3) is 6.70. The summed E-state index contributed by atoms with van der Waals surface area (Å²) in [5, 5.41) is 13.8. The Morgan fingerprint density at radius 1 is 1.00 bits per heavy atom. The van der Waals surface area contributed by atoms with Crippen molar-refractivity contribution in [1.82, 2.24) is 10.6 Å². The Morgan fingerprint density at radius 2 is 1.77 bits per heavy atom. The van der Waals surface area contributed by atoms with Gasteiger partial charge in [0.15, 0.2) is 0 Å². The highest BCUT2D eigenvalue weighted by atomic mass is 16.6. The number of rotatable bonds is 11. The first kappa shape index (κ1) is 30.9. The van der Waals surface area contributed by atoms with E-state index in [1.807, 2.05) is 0 Å². The van der Waals surface area contributed by atoms with E-state index in [0.29, 0.717) is 5.41 Å². The first-order valence-electron chi connectivity index (χ1n) is 16.1. The maximum Gasteiger partial charge on any atom is 0.408 e. The van der Waals surface area contributed by atoms with Gasteiger partial charge in [0.1, 0.15) is 6.10 Å². The van der Waals surface area contributed by atoms with Gasteiger partial charge in [0.2, 0.25) is 5.91 Å². The van der Waals surface area contributed by atoms with Crippen molar-refractivity contribution in [1.29, 1.82) is 0 Å². The van der Waals surface area contributed by atoms with Crippen molar-refractivity contribution in [2.24, 2.45) is 46.3 Å². The fourth-order valence-electron chi connectivity index (χ4n) is 9.47. The van der Waals surface area contributed by atoms with Crippen molar-refractivity contribution in [3.8, 4) is 0 Å². The third-order valence-electron chi connectivity index (χ3n) is 11.6. The molecule has 3 saturated carbocycles. The highest BCUT2D eigenvalue weighted by Crippen LogP contribution is 2.67. The minimum absolute atomic E-state index is 0.0638. The van der Waals surface area contributed by atoms with Crippen LogP contribution in [0, 0.1) is 46.3 Å². The average molecular weight is 559 g/mol. The Balaban J connectivity index is 1.30. The molecule has 0 aromatic rings. The van der Waals surface area contributed by atoms with Crippen LogP contribution in [0.3, 0.4) is 0 Å². The highest BCUT2D eigenvalue weighted by molar-refractivity contribution is 5.80. The van der Waals surface area contributed by atoms with Gasteiger partial charge in [-0.3, -0.25) is 9.59 Å². The number of hydrogen-bond acceptors (Lipinski definition) is 4. The molecule has 2 amide bonds. The second-order valence-corrected chi connectivity index (χ2v) is 14.4. The molecule has 3 N–H and O–H groups in total. The number of carbonyl (C=O) groups is 3. The molecule has 226 valence electrons. The quantitative estimate of drug-likeness (QED) is 0.186. The van der Waals surface area contributed by atoms with Crippen LogP contribution in [0.1, 0.15) is 118 Å². The van der Waals surface area contributed by atoms with E-state index < -0.39 is 18.0 Å². The van der Waals surface area contributed by atoms with Gasteiger partial charge in [0.25, 0.3) is 0 Å². The number of carbonyl (C=O) groups excluding carboxylic acids is 2. The molecule has 0 bridgehead atoms. The van der Waals surface area contributed by atoms with E-state index in [9.17, 15) is 14.4 Å². The van der Waals surface area contributed by atoms with E-state index in [1.54, 1.807) is 0 Å². The molecule has 40 heavy (non-hydrogen) atoms. The summed E-state index contributed by atoms with van der Waals surface area (Å²) in [4.78, 5) is 34.6. The molecule has 0 heterocycles. The van der Waals surface area contributed by atoms with E-state index >= 15 is 0 Å². The second-order valence-electron chi connectivity index (χ2n) is 14.4. The number of carboxylic acid groups (broad SMARTS) is 1. The predicted octanol–water partition coefficient (Wildman–Crippen LogP) is 7.06. The minimum atomic E-state index is -1.02. The average Bonchev–Trinajstić information content (AvgIpc) is 3.24. The summed E-state index contributed by atoms with van der Waals surface area (Å²) < 4.78 is 5.74. The smallest absolute Gasteiger partial charge is 0.408 e. The van der Waals surface area contributed by atoms with Gasteiger partial charge in [-0.25, -0.2) is 4.79 Å². The fourth-order valence-corrected chi connectivity index (χ4v) is 9.47. The Hall–Kier alpha value is -2.05. The van der Waals surface area contributed by atoms with Gasteiger partial charge in [0, 0.05) is 12.8 Å². The van der Waals surface area contributed by atoms with Crippen LogP contribution in [0.4, 0.5) is 4.79 Å². The SMILES string of the molecule is CC(C)CCC[C@H](C)[C@@H]1CCC2C3CC=C4C[C@H](OC(=O)NCNC(=O)CCC(=O)O)CC[C@@]4(C)C3CC[C@]21C. The lowest BCUT2D eigenvalue weighted by Crippen LogP contribution is -2.51. The van der Waals surface area contributed by atoms with Gasteiger partial charge in [-0.1, -0.05) is 65.5 Å². The maximum atomic E-state index is 12.4. The molecule has 4 aliphatic rings. The largest absolute Gasteiger partial charge is 0.481 e. The molecule has 3 unspecified atom stereocenters. The van der Waals surface area contributed by atoms with E-state index in [-0.39, 0.29) is 31.0 Å². The summed E-state index contributed by atoms with van der Waals surface area (Å²) in [6, 6.07) is 0. The number of amides is 2. The van der Waals surface area contributed by atoms with Gasteiger partial charge in [-0.05, 0) is 91.3 Å². The predicted molar refractivity (Wildman–Crippen MR) is 156 cm³/mol. The Morgan fingerprint density at radius 3 is 2.50 bits per heavy atom. The molecule has 0 saturated heterocycles. The lowest BCUT2D eigenvalue weighted by molar-refractivity contribution is -0.138. The molecule has 7 heteroatoms. The first-order chi connectivity index (χ1) is 18.9. The van der Waals surface area contributed by atoms with Gasteiger partial charge in [-0.15, -0.1) is 0 Å². The Bertz CT molecular complexity index is 962. The lowest BCUT2D eigenvalue weighted by Gasteiger charge is -2.58. The van der Waals surface area contributed by atoms with Crippen molar-refractivity contribution >= 4 is 18.0 Å². The summed E-state index contributed by atoms with van der Waals surface area (Å²) in [5.74, 6) is 3.42. The summed E-state index contributed by atoms with van der Waals surface area (Å²) in [6.07, 6.45) is 15.0. The molecule has 4 rings (SSSR count). The zero-order chi connectivity index (χ0) is 29.1. The Kier molecular flexibility index (Phi) is 9.93. The number of alkyl carbamates (subject to hydrolysis) is 1. The van der Waals surface area contributed by atoms with Crippen LogP contribution in [0.15, 0.2) is 11.6 Å². The van der Waals surface area contributed by atoms with E-state index in [2.05, 4.69) is 51.3 Å². The van der Waals surface area contributed by atoms with Gasteiger partial charge in [-0.2, -0.15) is 0 Å². The molecular weight excluding hydrogens is 504 g/mol. The lowest BCUT2D eigenvalue weighted by atomic mass is 9.47. The van der Waals surface area contributed by atoms with Crippen LogP contribution in [-0.2, 0) is 14.3 Å². The molecule has 0 spiro atoms. The van der Waals surface area contributed by atoms with Gasteiger partial charge in [0.05, 0.1) is 13.1 Å². The number of aliphatic carboxylic acids is 1. The van der Waals surface area contributed by atoms with Crippen LogP contribution in [-0.4, -0.2) is 35.8 Å². The van der Waals surface area contributed by atoms with Crippen LogP contribution < -0.4 is 10.6 Å². The van der Waals surface area contributed by atoms with Gasteiger partial charge >= 0.3 is 12.1 Å². The maximum absolute atomic E-state index is 12.4. The number of allylic oxidation sites excluding steroid dienone is 1. The summed E-state index contributed by atoms with van der Waals surface area (Å²) in [6.45, 7) is 12.3. The molecule has 4 aliphatic carbocycles. The van der Waals surface area contributed by atoms with Crippen LogP contribution >= 0.6 is 0 Å². The number of nitrogens with one attached hydrogen (secondary N) is 2. The number of carboxylic acids is 1. The van der Waals surface area contributed by atoms with Gasteiger partial charge < -0.3 is 20.5 Å². The topological polar surface area (TPSA) is 105 Å². The molecule has 7 nitrogen and oxygen atoms in total. The van der Waals surface area contributed by atoms with Crippen molar-refractivity contribution in [3.05, 3.63) is 11.6 Å². The van der Waals surface area contributed by atoms with Crippen LogP contribution in [0.5, 0.6) is 0 Å². The van der Waals surface area contributed by atoms with Crippen LogP contribution in [0.25, 0.3) is 0 Å². The van der Waals surface area contributed by atoms with Crippen molar-refractivity contribution < 1.29 is 24.2 Å². The molecule has 0 aromatic carbocycles. The number of fused-ring (bicyclic) bond motifs is 5. The van der Waals surface area contributed by atoms with Crippen molar-refractivity contribution in [3.63, 3.8) is 0 Å². The Labute approximate surface area is 241 Å². The second kappa shape index (κ2) is 12.9. The standard InChI is InChI=1S/C33H54N2O5/c1-21(2)7-6-8-22(3)26-11-12-27-25-10-9-23-19-24(15-17-32(23,4)28(25)16-18-33(26,27)5)40-31(39)35-20-34-29(36)13-14-30(37)38/h9,21-22,24-28H,6-8,10-20H2,1-5H3,(H,34,36)(H,35,39)(H,37,38)/t22-,24+,25?,26-,27?,28?,32+,33-/m0/s1. The summed E-state index contributed by atoms with van der Waals surface area (Å²) in [5.41, 5.74) is 2.18. The number of ether oxygens (including phenoxy) is 1. The third-order valence-corrected chi connectivity index (χ3v) is 11.6. The van der Waals surface area contributed by atoms with Crippen molar-refractivity contribution in [2.45, 2.75) is 124 Å². The number of hydrogen-bond donors (Lipinski definition) is 3. The first-order valence-corrected chi connectivity index (χ1v) is 16.1. The van der Waals surface area contributed by atoms with E-state index in [4.69, 9.17) is 9.84 Å². The molecule has 0 aliphatic heterocycles. The summed E-state index contributed by atoms with van der Waals surface area (Å²) in [7, 11) is 0. The summed E-state index contributed by atoms with van der Waals surface area (Å²) >= 11 is 0. The highest BCUT2D eigenvalue weighted by Gasteiger charge is 2.59.